The van der Waals surface area contributed by atoms with Gasteiger partial charge in [0.1, 0.15) is 0 Å². The minimum Gasteiger partial charge on any atom is -0.493 e. The molecule has 0 fully saturated rings. The van der Waals surface area contributed by atoms with Crippen LogP contribution in [0.2, 0.25) is 0 Å². The Morgan fingerprint density at radius 1 is 0.929 bits per heavy atom. The highest BCUT2D eigenvalue weighted by atomic mass is 16.5. The molecule has 0 heterocycles. The topological polar surface area (TPSA) is 103 Å². The molecule has 0 spiro atoms. The average Bonchev–Trinajstić information content (AvgIpc) is 2.74. The smallest absolute Gasteiger partial charge is 0.331 e. The SMILES string of the molecule is COc1cccc(C=CC(=O)OCC(=O)NNC(=O)c2ccccc2)c1OC. The average molecular weight is 384 g/mol. The molecule has 2 rings (SSSR count). The molecule has 146 valence electrons. The second-order valence-electron chi connectivity index (χ2n) is 5.39. The lowest BCUT2D eigenvalue weighted by molar-refractivity contribution is -0.144. The third-order valence-corrected chi connectivity index (χ3v) is 3.53. The number of amides is 2. The van der Waals surface area contributed by atoms with Gasteiger partial charge >= 0.3 is 5.97 Å². The van der Waals surface area contributed by atoms with Gasteiger partial charge in [-0.25, -0.2) is 4.79 Å². The quantitative estimate of drug-likeness (QED) is 0.428. The summed E-state index contributed by atoms with van der Waals surface area (Å²) < 4.78 is 15.3. The van der Waals surface area contributed by atoms with E-state index in [4.69, 9.17) is 14.2 Å². The first-order valence-electron chi connectivity index (χ1n) is 8.25. The highest BCUT2D eigenvalue weighted by Crippen LogP contribution is 2.31. The Bertz CT molecular complexity index is 864. The van der Waals surface area contributed by atoms with Crippen LogP contribution in [0.25, 0.3) is 6.08 Å². The maximum Gasteiger partial charge on any atom is 0.331 e. The van der Waals surface area contributed by atoms with E-state index >= 15 is 0 Å². The van der Waals surface area contributed by atoms with Gasteiger partial charge in [-0.15, -0.1) is 0 Å². The summed E-state index contributed by atoms with van der Waals surface area (Å²) in [5.74, 6) is -0.897. The predicted octanol–water partition coefficient (Wildman–Crippen LogP) is 1.72. The highest BCUT2D eigenvalue weighted by molar-refractivity contribution is 5.95. The van der Waals surface area contributed by atoms with Crippen molar-refractivity contribution in [3.63, 3.8) is 0 Å². The second kappa shape index (κ2) is 10.4. The second-order valence-corrected chi connectivity index (χ2v) is 5.39. The number of esters is 1. The normalized spacial score (nSPS) is 10.2. The lowest BCUT2D eigenvalue weighted by atomic mass is 10.1. The van der Waals surface area contributed by atoms with Gasteiger partial charge in [-0.1, -0.05) is 30.3 Å². The molecule has 0 aliphatic heterocycles. The van der Waals surface area contributed by atoms with E-state index in [0.717, 1.165) is 6.08 Å². The fourth-order valence-electron chi connectivity index (χ4n) is 2.21. The molecule has 0 radical (unpaired) electrons. The number of methoxy groups -OCH3 is 2. The number of benzene rings is 2. The first kappa shape index (κ1) is 20.5. The first-order valence-corrected chi connectivity index (χ1v) is 8.25. The van der Waals surface area contributed by atoms with Crippen LogP contribution in [0.4, 0.5) is 0 Å². The summed E-state index contributed by atoms with van der Waals surface area (Å²) in [6.45, 7) is -0.548. The van der Waals surface area contributed by atoms with Crippen molar-refractivity contribution >= 4 is 23.9 Å². The van der Waals surface area contributed by atoms with E-state index in [-0.39, 0.29) is 0 Å². The standard InChI is InChI=1S/C20H20N2O6/c1-26-16-10-6-9-14(19(16)27-2)11-12-18(24)28-13-17(23)21-22-20(25)15-7-4-3-5-8-15/h3-12H,13H2,1-2H3,(H,21,23)(H,22,25). The van der Waals surface area contributed by atoms with Crippen LogP contribution < -0.4 is 20.3 Å². The van der Waals surface area contributed by atoms with Crippen LogP contribution in [0.1, 0.15) is 15.9 Å². The minimum atomic E-state index is -0.727. The van der Waals surface area contributed by atoms with Crippen molar-refractivity contribution in [1.29, 1.82) is 0 Å². The van der Waals surface area contributed by atoms with Crippen molar-refractivity contribution in [2.45, 2.75) is 0 Å². The molecule has 8 heteroatoms. The first-order chi connectivity index (χ1) is 13.5. The van der Waals surface area contributed by atoms with Crippen LogP contribution in [0.5, 0.6) is 11.5 Å². The molecule has 2 aromatic rings. The Morgan fingerprint density at radius 3 is 2.36 bits per heavy atom. The molecule has 2 N–H and O–H groups in total. The Labute approximate surface area is 162 Å². The van der Waals surface area contributed by atoms with E-state index in [1.54, 1.807) is 48.5 Å². The summed E-state index contributed by atoms with van der Waals surface area (Å²) in [4.78, 5) is 35.3. The van der Waals surface area contributed by atoms with E-state index < -0.39 is 24.4 Å². The molecular formula is C20H20N2O6. The van der Waals surface area contributed by atoms with Gasteiger partial charge in [-0.3, -0.25) is 20.4 Å². The minimum absolute atomic E-state index is 0.384. The fourth-order valence-corrected chi connectivity index (χ4v) is 2.21. The van der Waals surface area contributed by atoms with Gasteiger partial charge in [0, 0.05) is 17.2 Å². The number of carbonyl (C=O) groups excluding carboxylic acids is 3. The summed E-state index contributed by atoms with van der Waals surface area (Å²) in [5.41, 5.74) is 5.39. The number of hydrazine groups is 1. The summed E-state index contributed by atoms with van der Waals surface area (Å²) >= 11 is 0. The molecule has 0 saturated carbocycles. The molecule has 0 aromatic heterocycles. The number of carbonyl (C=O) groups is 3. The number of ether oxygens (including phenoxy) is 3. The molecule has 8 nitrogen and oxygen atoms in total. The molecule has 0 aliphatic rings. The lowest BCUT2D eigenvalue weighted by Gasteiger charge is -2.09. The zero-order valence-corrected chi connectivity index (χ0v) is 15.4. The zero-order chi connectivity index (χ0) is 20.4. The molecule has 2 aromatic carbocycles. The van der Waals surface area contributed by atoms with Crippen molar-refractivity contribution in [1.82, 2.24) is 10.9 Å². The molecule has 2 amide bonds. The van der Waals surface area contributed by atoms with Crippen molar-refractivity contribution in [2.75, 3.05) is 20.8 Å². The van der Waals surface area contributed by atoms with Gasteiger partial charge < -0.3 is 14.2 Å². The fraction of sp³-hybridized carbons (Fsp3) is 0.150. The van der Waals surface area contributed by atoms with Gasteiger partial charge in [0.05, 0.1) is 14.2 Å². The third kappa shape index (κ3) is 5.87. The largest absolute Gasteiger partial charge is 0.493 e. The number of para-hydroxylation sites is 1. The third-order valence-electron chi connectivity index (χ3n) is 3.53. The molecule has 0 unspecified atom stereocenters. The Kier molecular flexibility index (Phi) is 7.59. The Hall–Kier alpha value is -3.81. The van der Waals surface area contributed by atoms with Crippen molar-refractivity contribution in [2.24, 2.45) is 0 Å². The monoisotopic (exact) mass is 384 g/mol. The van der Waals surface area contributed by atoms with E-state index in [0.29, 0.717) is 22.6 Å². The maximum absolute atomic E-state index is 11.8. The molecule has 28 heavy (non-hydrogen) atoms. The van der Waals surface area contributed by atoms with Crippen LogP contribution in [-0.4, -0.2) is 38.6 Å². The van der Waals surface area contributed by atoms with E-state index in [1.165, 1.54) is 20.3 Å². The van der Waals surface area contributed by atoms with E-state index in [9.17, 15) is 14.4 Å². The molecule has 0 bridgehead atoms. The van der Waals surface area contributed by atoms with E-state index in [2.05, 4.69) is 10.9 Å². The van der Waals surface area contributed by atoms with Crippen molar-refractivity contribution in [3.8, 4) is 11.5 Å². The van der Waals surface area contributed by atoms with Gasteiger partial charge in [0.25, 0.3) is 11.8 Å². The molecule has 0 saturated heterocycles. The molecule has 0 aliphatic carbocycles. The maximum atomic E-state index is 11.8. The summed E-state index contributed by atoms with van der Waals surface area (Å²) in [5, 5.41) is 0. The molecular weight excluding hydrogens is 364 g/mol. The number of hydrogen-bond donors (Lipinski definition) is 2. The van der Waals surface area contributed by atoms with Crippen molar-refractivity contribution < 1.29 is 28.6 Å². The summed E-state index contributed by atoms with van der Waals surface area (Å²) in [7, 11) is 3.00. The van der Waals surface area contributed by atoms with Crippen LogP contribution >= 0.6 is 0 Å². The van der Waals surface area contributed by atoms with Gasteiger partial charge in [0.2, 0.25) is 0 Å². The highest BCUT2D eigenvalue weighted by Gasteiger charge is 2.10. The van der Waals surface area contributed by atoms with E-state index in [1.807, 2.05) is 0 Å². The van der Waals surface area contributed by atoms with Gasteiger partial charge in [0.15, 0.2) is 18.1 Å². The van der Waals surface area contributed by atoms with Gasteiger partial charge in [-0.2, -0.15) is 0 Å². The molecule has 0 atom stereocenters. The Balaban J connectivity index is 1.81. The predicted molar refractivity (Wildman–Crippen MR) is 102 cm³/mol. The Morgan fingerprint density at radius 2 is 1.68 bits per heavy atom. The zero-order valence-electron chi connectivity index (χ0n) is 15.4. The van der Waals surface area contributed by atoms with Gasteiger partial charge in [-0.05, 0) is 24.3 Å². The van der Waals surface area contributed by atoms with Crippen molar-refractivity contribution in [3.05, 3.63) is 65.7 Å². The van der Waals surface area contributed by atoms with Crippen LogP contribution in [0.3, 0.4) is 0 Å². The summed E-state index contributed by atoms with van der Waals surface area (Å²) in [6, 6.07) is 13.6. The van der Waals surface area contributed by atoms with Crippen LogP contribution in [-0.2, 0) is 14.3 Å². The van der Waals surface area contributed by atoms with Crippen LogP contribution in [0.15, 0.2) is 54.6 Å². The van der Waals surface area contributed by atoms with Crippen LogP contribution in [0, 0.1) is 0 Å². The number of hydrogen-bond acceptors (Lipinski definition) is 6. The summed E-state index contributed by atoms with van der Waals surface area (Å²) in [6.07, 6.45) is 2.64. The number of nitrogens with one attached hydrogen (secondary N) is 2. The lowest BCUT2D eigenvalue weighted by Crippen LogP contribution is -2.43. The number of rotatable bonds is 7.